The average molecular weight is 281 g/mol. The Morgan fingerprint density at radius 3 is 3.00 bits per heavy atom. The molecule has 0 radical (unpaired) electrons. The maximum Gasteiger partial charge on any atom is 0.265 e. The summed E-state index contributed by atoms with van der Waals surface area (Å²) in [4.78, 5) is 14.7. The molecule has 1 fully saturated rings. The number of hydrogen-bond acceptors (Lipinski definition) is 3. The highest BCUT2D eigenvalue weighted by molar-refractivity contribution is 7.12. The topological polar surface area (TPSA) is 32.3 Å². The van der Waals surface area contributed by atoms with Crippen molar-refractivity contribution in [1.82, 2.24) is 10.2 Å². The standard InChI is InChI=1S/C10H13ClN2OS.ClH/c1-7-6-12-3-4-13(7)10(14)9-8(11)2-5-15-9;/h2,5,7,12H,3-4,6H2,1H3;1H. The number of thiophene rings is 1. The third-order valence-corrected chi connectivity index (χ3v) is 3.90. The van der Waals surface area contributed by atoms with E-state index in [2.05, 4.69) is 5.32 Å². The summed E-state index contributed by atoms with van der Waals surface area (Å²) in [5.41, 5.74) is 0. The van der Waals surface area contributed by atoms with E-state index < -0.39 is 0 Å². The molecule has 1 aromatic rings. The van der Waals surface area contributed by atoms with E-state index in [1.807, 2.05) is 17.2 Å². The lowest BCUT2D eigenvalue weighted by atomic mass is 10.2. The number of hydrogen-bond donors (Lipinski definition) is 1. The van der Waals surface area contributed by atoms with Gasteiger partial charge in [0.25, 0.3) is 5.91 Å². The second kappa shape index (κ2) is 5.87. The van der Waals surface area contributed by atoms with Gasteiger partial charge in [0.1, 0.15) is 4.88 Å². The van der Waals surface area contributed by atoms with Gasteiger partial charge in [-0.25, -0.2) is 0 Å². The first kappa shape index (κ1) is 13.8. The Kier molecular flexibility index (Phi) is 5.05. The van der Waals surface area contributed by atoms with E-state index in [-0.39, 0.29) is 24.4 Å². The molecule has 16 heavy (non-hydrogen) atoms. The van der Waals surface area contributed by atoms with Crippen LogP contribution in [0.3, 0.4) is 0 Å². The molecule has 1 atom stereocenters. The molecule has 0 saturated carbocycles. The minimum atomic E-state index is 0. The van der Waals surface area contributed by atoms with Crippen LogP contribution in [0.1, 0.15) is 16.6 Å². The van der Waals surface area contributed by atoms with Gasteiger partial charge in [0.05, 0.1) is 5.02 Å². The van der Waals surface area contributed by atoms with Gasteiger partial charge in [0, 0.05) is 25.7 Å². The third-order valence-electron chi connectivity index (χ3n) is 2.57. The maximum atomic E-state index is 12.1. The van der Waals surface area contributed by atoms with Crippen LogP contribution in [0.5, 0.6) is 0 Å². The second-order valence-corrected chi connectivity index (χ2v) is 4.97. The van der Waals surface area contributed by atoms with E-state index in [0.29, 0.717) is 9.90 Å². The lowest BCUT2D eigenvalue weighted by Crippen LogP contribution is -2.52. The predicted molar refractivity (Wildman–Crippen MR) is 69.9 cm³/mol. The van der Waals surface area contributed by atoms with Crippen molar-refractivity contribution in [3.05, 3.63) is 21.3 Å². The van der Waals surface area contributed by atoms with Crippen molar-refractivity contribution < 1.29 is 4.79 Å². The summed E-state index contributed by atoms with van der Waals surface area (Å²) < 4.78 is 0. The molecule has 90 valence electrons. The molecule has 1 saturated heterocycles. The molecule has 0 bridgehead atoms. The van der Waals surface area contributed by atoms with Gasteiger partial charge in [-0.05, 0) is 18.4 Å². The number of amides is 1. The van der Waals surface area contributed by atoms with Crippen LogP contribution in [0.25, 0.3) is 0 Å². The lowest BCUT2D eigenvalue weighted by Gasteiger charge is -2.33. The van der Waals surface area contributed by atoms with Crippen LogP contribution in [0.15, 0.2) is 11.4 Å². The SMILES string of the molecule is CC1CNCCN1C(=O)c1sccc1Cl.Cl. The summed E-state index contributed by atoms with van der Waals surface area (Å²) in [6.45, 7) is 4.52. The number of nitrogens with zero attached hydrogens (tertiary/aromatic N) is 1. The Morgan fingerprint density at radius 2 is 2.44 bits per heavy atom. The number of carbonyl (C=O) groups excluding carboxylic acids is 1. The number of carbonyl (C=O) groups is 1. The van der Waals surface area contributed by atoms with Gasteiger partial charge in [-0.1, -0.05) is 11.6 Å². The number of rotatable bonds is 1. The van der Waals surface area contributed by atoms with Crippen molar-refractivity contribution in [1.29, 1.82) is 0 Å². The molecule has 2 rings (SSSR count). The highest BCUT2D eigenvalue weighted by Gasteiger charge is 2.25. The van der Waals surface area contributed by atoms with E-state index >= 15 is 0 Å². The zero-order valence-corrected chi connectivity index (χ0v) is 11.3. The lowest BCUT2D eigenvalue weighted by molar-refractivity contribution is 0.0661. The quantitative estimate of drug-likeness (QED) is 0.856. The first-order valence-electron chi connectivity index (χ1n) is 4.95. The fourth-order valence-corrected chi connectivity index (χ4v) is 2.81. The fraction of sp³-hybridized carbons (Fsp3) is 0.500. The minimum absolute atomic E-state index is 0. The van der Waals surface area contributed by atoms with Gasteiger partial charge in [0.15, 0.2) is 0 Å². The highest BCUT2D eigenvalue weighted by Crippen LogP contribution is 2.24. The summed E-state index contributed by atoms with van der Waals surface area (Å²) in [6.07, 6.45) is 0. The van der Waals surface area contributed by atoms with Crippen molar-refractivity contribution in [3.63, 3.8) is 0 Å². The summed E-state index contributed by atoms with van der Waals surface area (Å²) in [6, 6.07) is 2.01. The van der Waals surface area contributed by atoms with Crippen LogP contribution in [0.2, 0.25) is 5.02 Å². The summed E-state index contributed by atoms with van der Waals surface area (Å²) in [5, 5.41) is 5.67. The van der Waals surface area contributed by atoms with E-state index in [1.54, 1.807) is 6.07 Å². The normalized spacial score (nSPS) is 20.4. The predicted octanol–water partition coefficient (Wildman–Crippen LogP) is 2.26. The highest BCUT2D eigenvalue weighted by atomic mass is 35.5. The number of nitrogens with one attached hydrogen (secondary N) is 1. The van der Waals surface area contributed by atoms with Crippen molar-refractivity contribution in [3.8, 4) is 0 Å². The van der Waals surface area contributed by atoms with Gasteiger partial charge >= 0.3 is 0 Å². The van der Waals surface area contributed by atoms with E-state index in [9.17, 15) is 4.79 Å². The van der Waals surface area contributed by atoms with Crippen molar-refractivity contribution in [2.75, 3.05) is 19.6 Å². The second-order valence-electron chi connectivity index (χ2n) is 3.65. The number of halogens is 2. The molecular formula is C10H14Cl2N2OS. The van der Waals surface area contributed by atoms with Gasteiger partial charge in [0.2, 0.25) is 0 Å². The van der Waals surface area contributed by atoms with Crippen LogP contribution in [-0.2, 0) is 0 Å². The van der Waals surface area contributed by atoms with Gasteiger partial charge in [-0.3, -0.25) is 4.79 Å². The minimum Gasteiger partial charge on any atom is -0.333 e. The summed E-state index contributed by atoms with van der Waals surface area (Å²) >= 11 is 7.36. The molecule has 6 heteroatoms. The molecule has 3 nitrogen and oxygen atoms in total. The van der Waals surface area contributed by atoms with Crippen molar-refractivity contribution in [2.24, 2.45) is 0 Å². The summed E-state index contributed by atoms with van der Waals surface area (Å²) in [7, 11) is 0. The molecule has 1 aliphatic heterocycles. The zero-order valence-electron chi connectivity index (χ0n) is 8.90. The molecular weight excluding hydrogens is 267 g/mol. The zero-order chi connectivity index (χ0) is 10.8. The third kappa shape index (κ3) is 2.69. The first-order valence-corrected chi connectivity index (χ1v) is 6.20. The molecule has 0 aliphatic carbocycles. The molecule has 1 aromatic heterocycles. The van der Waals surface area contributed by atoms with Crippen LogP contribution in [0, 0.1) is 0 Å². The monoisotopic (exact) mass is 280 g/mol. The molecule has 1 N–H and O–H groups in total. The van der Waals surface area contributed by atoms with E-state index in [0.717, 1.165) is 19.6 Å². The van der Waals surface area contributed by atoms with Crippen molar-refractivity contribution >= 4 is 41.3 Å². The molecule has 1 aliphatic rings. The van der Waals surface area contributed by atoms with Crippen LogP contribution >= 0.6 is 35.3 Å². The van der Waals surface area contributed by atoms with E-state index in [1.165, 1.54) is 11.3 Å². The van der Waals surface area contributed by atoms with Gasteiger partial charge < -0.3 is 10.2 Å². The molecule has 0 aromatic carbocycles. The Balaban J connectivity index is 0.00000128. The molecule has 1 amide bonds. The number of piperazine rings is 1. The first-order chi connectivity index (χ1) is 7.20. The Hall–Kier alpha value is -0.290. The Labute approximate surface area is 110 Å². The Morgan fingerprint density at radius 1 is 1.69 bits per heavy atom. The Bertz CT molecular complexity index is 369. The van der Waals surface area contributed by atoms with Gasteiger partial charge in [-0.15, -0.1) is 23.7 Å². The average Bonchev–Trinajstić information content (AvgIpc) is 2.64. The maximum absolute atomic E-state index is 12.1. The van der Waals surface area contributed by atoms with Crippen LogP contribution in [0.4, 0.5) is 0 Å². The van der Waals surface area contributed by atoms with Crippen LogP contribution < -0.4 is 5.32 Å². The molecule has 1 unspecified atom stereocenters. The van der Waals surface area contributed by atoms with Crippen molar-refractivity contribution in [2.45, 2.75) is 13.0 Å². The molecule has 2 heterocycles. The van der Waals surface area contributed by atoms with Gasteiger partial charge in [-0.2, -0.15) is 0 Å². The van der Waals surface area contributed by atoms with E-state index in [4.69, 9.17) is 11.6 Å². The van der Waals surface area contributed by atoms with Crippen LogP contribution in [-0.4, -0.2) is 36.5 Å². The molecule has 0 spiro atoms. The fourth-order valence-electron chi connectivity index (χ4n) is 1.72. The largest absolute Gasteiger partial charge is 0.333 e. The summed E-state index contributed by atoms with van der Waals surface area (Å²) in [5.74, 6) is 0.0593. The smallest absolute Gasteiger partial charge is 0.265 e.